The highest BCUT2D eigenvalue weighted by Gasteiger charge is 2.44. The number of aromatic nitrogens is 5. The molecule has 0 aliphatic carbocycles. The van der Waals surface area contributed by atoms with Crippen LogP contribution in [0.25, 0.3) is 33.5 Å². The van der Waals surface area contributed by atoms with Gasteiger partial charge in [0.05, 0.1) is 22.5 Å². The van der Waals surface area contributed by atoms with Crippen LogP contribution in [0.15, 0.2) is 79.3 Å². The molecule has 0 bridgehead atoms. The summed E-state index contributed by atoms with van der Waals surface area (Å²) in [6.07, 6.45) is 9.85. The molecule has 240 valence electrons. The van der Waals surface area contributed by atoms with Gasteiger partial charge in [-0.3, -0.25) is 19.6 Å². The van der Waals surface area contributed by atoms with Gasteiger partial charge in [0.25, 0.3) is 0 Å². The molecule has 3 aromatic heterocycles. The molecule has 0 radical (unpaired) electrons. The number of nitrogens with one attached hydrogen (secondary N) is 1. The fourth-order valence-electron chi connectivity index (χ4n) is 6.78. The van der Waals surface area contributed by atoms with Crippen molar-refractivity contribution in [3.63, 3.8) is 0 Å². The zero-order valence-electron chi connectivity index (χ0n) is 26.2. The summed E-state index contributed by atoms with van der Waals surface area (Å²) < 4.78 is 12.9. The first-order chi connectivity index (χ1) is 22.9. The Morgan fingerprint density at radius 3 is 2.47 bits per heavy atom. The van der Waals surface area contributed by atoms with Crippen LogP contribution in [0.1, 0.15) is 24.8 Å². The molecule has 2 aliphatic heterocycles. The number of Topliss-reactive ketones (excluding diaryl/α,β-unsaturated/α-hetero) is 2. The number of likely N-dealkylation sites (tertiary alicyclic amines) is 1. The molecule has 9 nitrogen and oxygen atoms in total. The fraction of sp³-hybridized carbons (Fsp3) is 0.333. The summed E-state index contributed by atoms with van der Waals surface area (Å²) in [6.45, 7) is 3.25. The van der Waals surface area contributed by atoms with Gasteiger partial charge in [0.1, 0.15) is 17.4 Å². The number of carbonyl (C=O) groups is 2. The van der Waals surface area contributed by atoms with E-state index in [1.54, 1.807) is 48.6 Å². The van der Waals surface area contributed by atoms with E-state index in [0.29, 0.717) is 25.3 Å². The third-order valence-corrected chi connectivity index (χ3v) is 10.9. The lowest BCUT2D eigenvalue weighted by molar-refractivity contribution is -0.125. The number of rotatable bonds is 10. The molecule has 0 amide bonds. The minimum absolute atomic E-state index is 0.0141. The second-order valence-corrected chi connectivity index (χ2v) is 13.6. The largest absolute Gasteiger partial charge is 0.357 e. The van der Waals surface area contributed by atoms with E-state index in [2.05, 4.69) is 34.9 Å². The Morgan fingerprint density at radius 1 is 0.979 bits per heavy atom. The van der Waals surface area contributed by atoms with Crippen molar-refractivity contribution in [3.8, 4) is 22.6 Å². The molecule has 0 spiro atoms. The van der Waals surface area contributed by atoms with Gasteiger partial charge in [-0.15, -0.1) is 11.8 Å². The fourth-order valence-corrected chi connectivity index (χ4v) is 7.69. The summed E-state index contributed by atoms with van der Waals surface area (Å²) in [7, 11) is 0. The van der Waals surface area contributed by atoms with E-state index in [9.17, 15) is 14.0 Å². The first kappa shape index (κ1) is 31.1. The maximum Gasteiger partial charge on any atom is 0.160 e. The third-order valence-electron chi connectivity index (χ3n) is 9.54. The molecule has 2 saturated heterocycles. The first-order valence-electron chi connectivity index (χ1n) is 16.0. The molecule has 5 aromatic rings. The van der Waals surface area contributed by atoms with E-state index >= 15 is 0 Å². The monoisotopic (exact) mass is 649 g/mol. The molecule has 7 rings (SSSR count). The topological polar surface area (TPSA) is 108 Å². The molecule has 2 fully saturated rings. The normalized spacial score (nSPS) is 19.0. The van der Waals surface area contributed by atoms with Crippen molar-refractivity contribution in [2.75, 3.05) is 43.9 Å². The Morgan fingerprint density at radius 2 is 1.74 bits per heavy atom. The molecular formula is C36H36FN7O2S. The van der Waals surface area contributed by atoms with E-state index in [1.165, 1.54) is 12.1 Å². The number of pyridine rings is 1. The van der Waals surface area contributed by atoms with E-state index in [0.717, 1.165) is 78.0 Å². The maximum atomic E-state index is 13.8. The Kier molecular flexibility index (Phi) is 8.83. The van der Waals surface area contributed by atoms with Crippen LogP contribution in [-0.2, 0) is 16.0 Å². The molecule has 47 heavy (non-hydrogen) atoms. The summed E-state index contributed by atoms with van der Waals surface area (Å²) in [4.78, 5) is 44.9. The third kappa shape index (κ3) is 6.55. The highest BCUT2D eigenvalue weighted by molar-refractivity contribution is 8.00. The lowest BCUT2D eigenvalue weighted by Gasteiger charge is -2.33. The summed E-state index contributed by atoms with van der Waals surface area (Å²) in [5.74, 6) is 1.71. The van der Waals surface area contributed by atoms with Crippen LogP contribution in [0, 0.1) is 11.7 Å². The number of anilines is 1. The predicted molar refractivity (Wildman–Crippen MR) is 183 cm³/mol. The van der Waals surface area contributed by atoms with Gasteiger partial charge in [-0.05, 0) is 85.7 Å². The van der Waals surface area contributed by atoms with Crippen molar-refractivity contribution in [3.05, 3.63) is 90.6 Å². The number of benzene rings is 2. The van der Waals surface area contributed by atoms with Crippen molar-refractivity contribution in [2.24, 2.45) is 5.92 Å². The van der Waals surface area contributed by atoms with Gasteiger partial charge in [0, 0.05) is 73.6 Å². The molecule has 1 atom stereocenters. The van der Waals surface area contributed by atoms with Crippen molar-refractivity contribution < 1.29 is 14.0 Å². The second-order valence-electron chi connectivity index (χ2n) is 12.4. The molecule has 11 heteroatoms. The lowest BCUT2D eigenvalue weighted by Crippen LogP contribution is -2.42. The van der Waals surface area contributed by atoms with Crippen LogP contribution in [0.3, 0.4) is 0 Å². The van der Waals surface area contributed by atoms with Gasteiger partial charge in [-0.1, -0.05) is 6.07 Å². The Bertz CT molecular complexity index is 1880. The minimum Gasteiger partial charge on any atom is -0.357 e. The van der Waals surface area contributed by atoms with E-state index < -0.39 is 4.75 Å². The Labute approximate surface area is 277 Å². The predicted octanol–water partition coefficient (Wildman–Crippen LogP) is 5.63. The van der Waals surface area contributed by atoms with Crippen LogP contribution in [0.4, 0.5) is 10.2 Å². The van der Waals surface area contributed by atoms with Crippen molar-refractivity contribution in [1.82, 2.24) is 30.0 Å². The number of fused-ring (bicyclic) bond motifs is 1. The molecule has 5 heterocycles. The van der Waals surface area contributed by atoms with Gasteiger partial charge >= 0.3 is 0 Å². The van der Waals surface area contributed by atoms with Gasteiger partial charge in [-0.25, -0.2) is 19.3 Å². The number of carbonyl (C=O) groups excluding carboxylic acids is 2. The quantitative estimate of drug-likeness (QED) is 0.206. The van der Waals surface area contributed by atoms with E-state index in [4.69, 9.17) is 0 Å². The zero-order valence-corrected chi connectivity index (χ0v) is 27.0. The van der Waals surface area contributed by atoms with Gasteiger partial charge in [-0.2, -0.15) is 5.10 Å². The van der Waals surface area contributed by atoms with Crippen LogP contribution < -0.4 is 4.90 Å². The Balaban J connectivity index is 0.939. The summed E-state index contributed by atoms with van der Waals surface area (Å²) >= 11 is 1.60. The second kappa shape index (κ2) is 13.3. The SMILES string of the molecule is CS[C@@]1(C(=O)Cc2ccc3[nH]nc(-c4ccc(F)cc4)c3c2)CCN(CC(=O)C2CCN(c3ccc(-c4ncccn4)cn3)CC2)C1. The number of nitrogens with zero attached hydrogens (tertiary/aromatic N) is 6. The molecule has 0 unspecified atom stereocenters. The van der Waals surface area contributed by atoms with Gasteiger partial charge < -0.3 is 4.90 Å². The first-order valence-corrected chi connectivity index (χ1v) is 17.2. The number of ketones is 2. The number of thioether (sulfide) groups is 1. The lowest BCUT2D eigenvalue weighted by atomic mass is 9.92. The van der Waals surface area contributed by atoms with E-state index in [-0.39, 0.29) is 23.3 Å². The number of aromatic amines is 1. The molecular weight excluding hydrogens is 614 g/mol. The van der Waals surface area contributed by atoms with Gasteiger partial charge in [0.2, 0.25) is 0 Å². The summed E-state index contributed by atoms with van der Waals surface area (Å²) in [5, 5.41) is 8.39. The van der Waals surface area contributed by atoms with Crippen molar-refractivity contribution in [1.29, 1.82) is 0 Å². The molecule has 2 aromatic carbocycles. The zero-order chi connectivity index (χ0) is 32.4. The minimum atomic E-state index is -0.544. The highest BCUT2D eigenvalue weighted by atomic mass is 32.2. The molecule has 2 aliphatic rings. The maximum absolute atomic E-state index is 13.8. The van der Waals surface area contributed by atoms with Gasteiger partial charge in [0.15, 0.2) is 11.6 Å². The number of H-pyrrole nitrogens is 1. The number of halogens is 1. The smallest absolute Gasteiger partial charge is 0.160 e. The number of piperidine rings is 1. The molecule has 0 saturated carbocycles. The summed E-state index contributed by atoms with van der Waals surface area (Å²) in [6, 6.07) is 18.0. The average molecular weight is 650 g/mol. The highest BCUT2D eigenvalue weighted by Crippen LogP contribution is 2.37. The molecule has 1 N–H and O–H groups in total. The van der Waals surface area contributed by atoms with Crippen LogP contribution in [0.5, 0.6) is 0 Å². The van der Waals surface area contributed by atoms with Crippen molar-refractivity contribution in [2.45, 2.75) is 30.4 Å². The van der Waals surface area contributed by atoms with Crippen LogP contribution in [0.2, 0.25) is 0 Å². The standard InChI is InChI=1S/C36H36FN7O2S/c1-47-36(32(46)20-24-3-9-30-29(19-24)34(42-41-30)26-4-7-28(37)8-5-26)13-18-43(23-36)22-31(45)25-11-16-44(17-12-25)33-10-6-27(21-40-33)35-38-14-2-15-39-35/h2-10,14-15,19,21,25H,11-13,16-18,20,22-23H2,1H3,(H,41,42)/t36-/m0/s1. The van der Waals surface area contributed by atoms with E-state index in [1.807, 2.05) is 36.6 Å². The number of hydrogen-bond acceptors (Lipinski definition) is 9. The average Bonchev–Trinajstić information content (AvgIpc) is 3.74. The van der Waals surface area contributed by atoms with Crippen LogP contribution in [-0.4, -0.2) is 85.3 Å². The Hall–Kier alpha value is -4.48. The number of hydrogen-bond donors (Lipinski definition) is 1. The van der Waals surface area contributed by atoms with Crippen molar-refractivity contribution >= 4 is 40.0 Å². The van der Waals surface area contributed by atoms with Crippen LogP contribution >= 0.6 is 11.8 Å². The summed E-state index contributed by atoms with van der Waals surface area (Å²) in [5.41, 5.74) is 4.20.